The Morgan fingerprint density at radius 1 is 1.17 bits per heavy atom. The molecule has 1 aliphatic heterocycles. The minimum Gasteiger partial charge on any atom is -0.310 e. The van der Waals surface area contributed by atoms with Crippen molar-refractivity contribution in [1.29, 1.82) is 0 Å². The summed E-state index contributed by atoms with van der Waals surface area (Å²) >= 11 is 3.84. The summed E-state index contributed by atoms with van der Waals surface area (Å²) in [7, 11) is 0. The minimum absolute atomic E-state index is 0.544. The Hall–Kier alpha value is -0.770. The number of fused-ring (bicyclic) bond motifs is 1. The Kier molecular flexibility index (Phi) is 4.03. The lowest BCUT2D eigenvalue weighted by molar-refractivity contribution is 0.515. The lowest BCUT2D eigenvalue weighted by Crippen LogP contribution is -2.26. The molecule has 1 aliphatic rings. The Morgan fingerprint density at radius 2 is 2.11 bits per heavy atom. The molecular weight excluding hydrogens is 258 g/mol. The van der Waals surface area contributed by atoms with E-state index >= 15 is 0 Å². The summed E-state index contributed by atoms with van der Waals surface area (Å²) in [5, 5.41) is 5.86. The van der Waals surface area contributed by atoms with Crippen LogP contribution in [0.25, 0.3) is 0 Å². The maximum Gasteiger partial charge on any atom is 0.0339 e. The average Bonchev–Trinajstić information content (AvgIpc) is 2.92. The first-order valence-electron chi connectivity index (χ1n) is 6.41. The van der Waals surface area contributed by atoms with Gasteiger partial charge in [-0.15, -0.1) is 23.1 Å². The van der Waals surface area contributed by atoms with E-state index < -0.39 is 0 Å². The average molecular weight is 275 g/mol. The molecule has 18 heavy (non-hydrogen) atoms. The fraction of sp³-hybridized carbons (Fsp3) is 0.333. The van der Waals surface area contributed by atoms with Gasteiger partial charge in [-0.05, 0) is 41.7 Å². The molecule has 94 valence electrons. The standard InChI is InChI=1S/C15H17NS2/c1-2-6-15-13(5-1)14(8-11-18-15)16-9-7-12-4-3-10-17-12/h1-6,10,14,16H,7-9,11H2. The predicted octanol–water partition coefficient (Wildman–Crippen LogP) is 4.12. The third kappa shape index (κ3) is 2.79. The molecule has 1 aromatic carbocycles. The summed E-state index contributed by atoms with van der Waals surface area (Å²) in [6.45, 7) is 1.07. The Labute approximate surface area is 117 Å². The summed E-state index contributed by atoms with van der Waals surface area (Å²) in [5.74, 6) is 1.23. The summed E-state index contributed by atoms with van der Waals surface area (Å²) < 4.78 is 0. The first-order valence-corrected chi connectivity index (χ1v) is 8.27. The molecule has 1 unspecified atom stereocenters. The number of benzene rings is 1. The van der Waals surface area contributed by atoms with Gasteiger partial charge in [0.2, 0.25) is 0 Å². The highest BCUT2D eigenvalue weighted by molar-refractivity contribution is 7.99. The quantitative estimate of drug-likeness (QED) is 0.901. The van der Waals surface area contributed by atoms with Crippen LogP contribution < -0.4 is 5.32 Å². The van der Waals surface area contributed by atoms with Crippen molar-refractivity contribution in [3.8, 4) is 0 Å². The second-order valence-electron chi connectivity index (χ2n) is 4.51. The second-order valence-corrected chi connectivity index (χ2v) is 6.68. The van der Waals surface area contributed by atoms with Gasteiger partial charge in [0.1, 0.15) is 0 Å². The normalized spacial score (nSPS) is 18.6. The molecule has 3 rings (SSSR count). The van der Waals surface area contributed by atoms with Crippen LogP contribution in [0.15, 0.2) is 46.7 Å². The molecule has 3 heteroatoms. The molecule has 1 N–H and O–H groups in total. The second kappa shape index (κ2) is 5.91. The molecule has 0 fully saturated rings. The molecule has 2 aromatic rings. The van der Waals surface area contributed by atoms with Gasteiger partial charge in [0.15, 0.2) is 0 Å². The third-order valence-electron chi connectivity index (χ3n) is 3.30. The van der Waals surface area contributed by atoms with E-state index in [1.165, 1.54) is 27.5 Å². The van der Waals surface area contributed by atoms with E-state index in [9.17, 15) is 0 Å². The number of nitrogens with one attached hydrogen (secondary N) is 1. The van der Waals surface area contributed by atoms with Crippen LogP contribution in [-0.2, 0) is 6.42 Å². The Balaban J connectivity index is 1.60. The van der Waals surface area contributed by atoms with Crippen LogP contribution in [0, 0.1) is 0 Å². The van der Waals surface area contributed by atoms with Gasteiger partial charge in [-0.25, -0.2) is 0 Å². The van der Waals surface area contributed by atoms with E-state index in [1.54, 1.807) is 0 Å². The van der Waals surface area contributed by atoms with Crippen LogP contribution in [0.4, 0.5) is 0 Å². The van der Waals surface area contributed by atoms with Crippen LogP contribution in [0.1, 0.15) is 22.9 Å². The highest BCUT2D eigenvalue weighted by Crippen LogP contribution is 2.35. The lowest BCUT2D eigenvalue weighted by atomic mass is 10.0. The smallest absolute Gasteiger partial charge is 0.0339 e. The predicted molar refractivity (Wildman–Crippen MR) is 80.5 cm³/mol. The maximum absolute atomic E-state index is 3.71. The molecule has 1 aromatic heterocycles. The van der Waals surface area contributed by atoms with Crippen molar-refractivity contribution >= 4 is 23.1 Å². The van der Waals surface area contributed by atoms with Crippen molar-refractivity contribution in [2.24, 2.45) is 0 Å². The van der Waals surface area contributed by atoms with Crippen molar-refractivity contribution in [1.82, 2.24) is 5.32 Å². The largest absolute Gasteiger partial charge is 0.310 e. The first-order chi connectivity index (χ1) is 8.93. The van der Waals surface area contributed by atoms with E-state index in [2.05, 4.69) is 47.1 Å². The van der Waals surface area contributed by atoms with Crippen LogP contribution in [0.3, 0.4) is 0 Å². The minimum atomic E-state index is 0.544. The molecule has 0 spiro atoms. The van der Waals surface area contributed by atoms with Gasteiger partial charge in [0.25, 0.3) is 0 Å². The van der Waals surface area contributed by atoms with Crippen molar-refractivity contribution in [2.75, 3.05) is 12.3 Å². The van der Waals surface area contributed by atoms with Crippen molar-refractivity contribution < 1.29 is 0 Å². The van der Waals surface area contributed by atoms with Crippen LogP contribution in [0.5, 0.6) is 0 Å². The van der Waals surface area contributed by atoms with Gasteiger partial charge in [0, 0.05) is 22.4 Å². The van der Waals surface area contributed by atoms with Gasteiger partial charge in [-0.3, -0.25) is 0 Å². The Morgan fingerprint density at radius 3 is 3.00 bits per heavy atom. The monoisotopic (exact) mass is 275 g/mol. The van der Waals surface area contributed by atoms with Crippen LogP contribution in [0.2, 0.25) is 0 Å². The molecule has 0 amide bonds. The number of hydrogen-bond acceptors (Lipinski definition) is 3. The number of thiophene rings is 1. The van der Waals surface area contributed by atoms with Crippen molar-refractivity contribution in [3.63, 3.8) is 0 Å². The van der Waals surface area contributed by atoms with Crippen molar-refractivity contribution in [2.45, 2.75) is 23.8 Å². The number of rotatable bonds is 4. The van der Waals surface area contributed by atoms with E-state index in [0.717, 1.165) is 13.0 Å². The Bertz CT molecular complexity index is 493. The van der Waals surface area contributed by atoms with Gasteiger partial charge < -0.3 is 5.32 Å². The van der Waals surface area contributed by atoms with Crippen LogP contribution in [-0.4, -0.2) is 12.3 Å². The zero-order valence-electron chi connectivity index (χ0n) is 10.3. The topological polar surface area (TPSA) is 12.0 Å². The lowest BCUT2D eigenvalue weighted by Gasteiger charge is -2.25. The van der Waals surface area contributed by atoms with Crippen LogP contribution >= 0.6 is 23.1 Å². The van der Waals surface area contributed by atoms with Gasteiger partial charge in [-0.1, -0.05) is 24.3 Å². The third-order valence-corrected chi connectivity index (χ3v) is 5.36. The van der Waals surface area contributed by atoms with Gasteiger partial charge in [0.05, 0.1) is 0 Å². The molecule has 2 heterocycles. The molecular formula is C15H17NS2. The fourth-order valence-corrected chi connectivity index (χ4v) is 4.21. The first kappa shape index (κ1) is 12.3. The van der Waals surface area contributed by atoms with Gasteiger partial charge >= 0.3 is 0 Å². The highest BCUT2D eigenvalue weighted by Gasteiger charge is 2.19. The van der Waals surface area contributed by atoms with E-state index in [-0.39, 0.29) is 0 Å². The summed E-state index contributed by atoms with van der Waals surface area (Å²) in [6, 6.07) is 13.7. The van der Waals surface area contributed by atoms with E-state index in [4.69, 9.17) is 0 Å². The summed E-state index contributed by atoms with van der Waals surface area (Å²) in [5.41, 5.74) is 1.49. The molecule has 0 saturated heterocycles. The maximum atomic E-state index is 3.71. The summed E-state index contributed by atoms with van der Waals surface area (Å²) in [4.78, 5) is 2.93. The van der Waals surface area contributed by atoms with E-state index in [0.29, 0.717) is 6.04 Å². The SMILES string of the molecule is c1csc(CCNC2CCSc3ccccc32)c1. The highest BCUT2D eigenvalue weighted by atomic mass is 32.2. The summed E-state index contributed by atoms with van der Waals surface area (Å²) in [6.07, 6.45) is 2.38. The number of hydrogen-bond donors (Lipinski definition) is 1. The van der Waals surface area contributed by atoms with E-state index in [1.807, 2.05) is 23.1 Å². The molecule has 0 aliphatic carbocycles. The molecule has 0 saturated carbocycles. The zero-order chi connectivity index (χ0) is 12.2. The number of thioether (sulfide) groups is 1. The molecule has 0 radical (unpaired) electrons. The molecule has 0 bridgehead atoms. The zero-order valence-corrected chi connectivity index (χ0v) is 11.9. The molecule has 1 nitrogen and oxygen atoms in total. The van der Waals surface area contributed by atoms with Gasteiger partial charge in [-0.2, -0.15) is 0 Å². The fourth-order valence-electron chi connectivity index (χ4n) is 2.38. The molecule has 1 atom stereocenters. The van der Waals surface area contributed by atoms with Crippen molar-refractivity contribution in [3.05, 3.63) is 52.2 Å².